The summed E-state index contributed by atoms with van der Waals surface area (Å²) in [4.78, 5) is 35.6. The summed E-state index contributed by atoms with van der Waals surface area (Å²) in [5.74, 6) is -3.01. The van der Waals surface area contributed by atoms with Crippen molar-refractivity contribution in [2.24, 2.45) is 28.8 Å². The number of hydrogen-bond acceptors (Lipinski definition) is 13. The van der Waals surface area contributed by atoms with Crippen LogP contribution in [0.25, 0.3) is 0 Å². The lowest BCUT2D eigenvalue weighted by Gasteiger charge is -2.48. The molecule has 0 radical (unpaired) electrons. The van der Waals surface area contributed by atoms with Crippen LogP contribution < -0.4 is 0 Å². The second-order valence-corrected chi connectivity index (χ2v) is 18.0. The molecule has 61 heavy (non-hydrogen) atoms. The number of aliphatic hydroxyl groups excluding tert-OH is 1. The van der Waals surface area contributed by atoms with Crippen LogP contribution >= 0.6 is 11.6 Å². The number of ether oxygens (including phenoxy) is 7. The van der Waals surface area contributed by atoms with Crippen molar-refractivity contribution in [3.05, 3.63) is 83.1 Å². The average molecular weight is 872 g/mol. The lowest BCUT2D eigenvalue weighted by molar-refractivity contribution is -0.301. The third-order valence-corrected chi connectivity index (χ3v) is 13.2. The van der Waals surface area contributed by atoms with Crippen molar-refractivity contribution in [3.8, 4) is 0 Å². The van der Waals surface area contributed by atoms with E-state index in [1.165, 1.54) is 0 Å². The van der Waals surface area contributed by atoms with E-state index in [9.17, 15) is 14.7 Å². The van der Waals surface area contributed by atoms with Crippen LogP contribution in [0.1, 0.15) is 85.8 Å². The molecule has 13 nitrogen and oxygen atoms in total. The quantitative estimate of drug-likeness (QED) is 0.125. The molecule has 0 bridgehead atoms. The van der Waals surface area contributed by atoms with Gasteiger partial charge >= 0.3 is 12.1 Å². The molecule has 2 aromatic carbocycles. The van der Waals surface area contributed by atoms with Gasteiger partial charge in [-0.25, -0.2) is 4.79 Å². The summed E-state index contributed by atoms with van der Waals surface area (Å²) in [6.45, 7) is 15.2. The second-order valence-electron chi connectivity index (χ2n) is 17.6. The third kappa shape index (κ3) is 11.3. The number of rotatable bonds is 12. The molecule has 0 saturated carbocycles. The molecule has 0 spiro atoms. The fraction of sp³-hybridized carbons (Fsp3) is 0.638. The highest BCUT2D eigenvalue weighted by Gasteiger charge is 2.59. The highest BCUT2D eigenvalue weighted by atomic mass is 35.5. The summed E-state index contributed by atoms with van der Waals surface area (Å²) in [6, 6.07) is 17.1. The molecule has 0 amide bonds. The van der Waals surface area contributed by atoms with E-state index in [-0.39, 0.29) is 18.8 Å². The molecule has 338 valence electrons. The molecule has 0 aromatic heterocycles. The van der Waals surface area contributed by atoms with Crippen LogP contribution in [0.4, 0.5) is 4.79 Å². The van der Waals surface area contributed by atoms with Crippen LogP contribution in [0.3, 0.4) is 0 Å². The van der Waals surface area contributed by atoms with Gasteiger partial charge < -0.3 is 48.0 Å². The van der Waals surface area contributed by atoms with Crippen molar-refractivity contribution in [1.29, 1.82) is 0 Å². The van der Waals surface area contributed by atoms with Gasteiger partial charge in [0.1, 0.15) is 24.9 Å². The molecule has 5 rings (SSSR count). The first kappa shape index (κ1) is 48.3. The minimum absolute atomic E-state index is 0.0805. The number of nitrogens with zero attached hydrogens (tertiary/aromatic N) is 2. The number of halogens is 1. The number of cyclic esters (lactones) is 1. The number of allylic oxidation sites excluding steroid dienone is 1. The molecule has 0 aliphatic carbocycles. The summed E-state index contributed by atoms with van der Waals surface area (Å²) < 4.78 is 44.7. The SMILES string of the molecule is CC[C@H]1OC(=O)[C@H](C)[C@@H](O/C=C\Cc2ccccc2)[C@H](C)[C@@H](O[C@@H]2O[C@H](C)C[C@H](N(C)C)[C@H]2O)[C@](C)(OC)C[C@@H](C)/C(=N\OCc2ccccc2Cl)[C@H](C)[C@H]2OC(=O)O[C@@]21C. The summed E-state index contributed by atoms with van der Waals surface area (Å²) in [6.07, 6.45) is -1.33. The Labute approximate surface area is 366 Å². The number of carbonyl (C=O) groups is 2. The molecule has 3 aliphatic heterocycles. The maximum Gasteiger partial charge on any atom is 0.509 e. The van der Waals surface area contributed by atoms with Crippen LogP contribution in [-0.4, -0.2) is 109 Å². The zero-order valence-electron chi connectivity index (χ0n) is 37.6. The predicted molar refractivity (Wildman–Crippen MR) is 232 cm³/mol. The summed E-state index contributed by atoms with van der Waals surface area (Å²) in [7, 11) is 5.45. The largest absolute Gasteiger partial charge is 0.509 e. The van der Waals surface area contributed by atoms with Gasteiger partial charge in [-0.3, -0.25) is 4.79 Å². The topological polar surface area (TPSA) is 144 Å². The molecule has 14 heteroatoms. The molecular formula is C47H67ClN2O11. The van der Waals surface area contributed by atoms with Gasteiger partial charge in [0.15, 0.2) is 18.0 Å². The molecular weight excluding hydrogens is 804 g/mol. The number of aliphatic hydroxyl groups is 1. The smallest absolute Gasteiger partial charge is 0.497 e. The van der Waals surface area contributed by atoms with Crippen molar-refractivity contribution in [2.75, 3.05) is 21.2 Å². The fourth-order valence-corrected chi connectivity index (χ4v) is 9.54. The van der Waals surface area contributed by atoms with Gasteiger partial charge in [-0.1, -0.05) is 93.0 Å². The summed E-state index contributed by atoms with van der Waals surface area (Å²) in [5.41, 5.74) is -0.147. The molecule has 1 N–H and O–H groups in total. The second kappa shape index (κ2) is 21.1. The average Bonchev–Trinajstić information content (AvgIpc) is 3.55. The minimum Gasteiger partial charge on any atom is -0.497 e. The zero-order valence-corrected chi connectivity index (χ0v) is 38.4. The predicted octanol–water partition coefficient (Wildman–Crippen LogP) is 8.13. The van der Waals surface area contributed by atoms with E-state index in [1.54, 1.807) is 33.3 Å². The molecule has 14 atom stereocenters. The Kier molecular flexibility index (Phi) is 16.7. The lowest BCUT2D eigenvalue weighted by atomic mass is 9.73. The van der Waals surface area contributed by atoms with E-state index in [0.717, 1.165) is 11.1 Å². The van der Waals surface area contributed by atoms with Gasteiger partial charge in [-0.15, -0.1) is 0 Å². The van der Waals surface area contributed by atoms with Crippen LogP contribution in [0.5, 0.6) is 0 Å². The fourth-order valence-electron chi connectivity index (χ4n) is 9.35. The van der Waals surface area contributed by atoms with E-state index in [1.807, 2.05) is 115 Å². The third-order valence-electron chi connectivity index (χ3n) is 12.9. The maximum atomic E-state index is 14.5. The first-order valence-corrected chi connectivity index (χ1v) is 21.9. The zero-order chi connectivity index (χ0) is 44.6. The first-order valence-electron chi connectivity index (χ1n) is 21.5. The van der Waals surface area contributed by atoms with Crippen molar-refractivity contribution >= 4 is 29.4 Å². The number of fused-ring (bicyclic) bond motifs is 1. The summed E-state index contributed by atoms with van der Waals surface area (Å²) in [5, 5.41) is 17.1. The van der Waals surface area contributed by atoms with Gasteiger partial charge in [0.2, 0.25) is 0 Å². The minimum atomic E-state index is -1.39. The van der Waals surface area contributed by atoms with Gasteiger partial charge in [0.05, 0.1) is 35.7 Å². The molecule has 3 heterocycles. The van der Waals surface area contributed by atoms with Crippen molar-refractivity contribution in [2.45, 2.75) is 148 Å². The number of likely N-dealkylation sites (N-methyl/N-ethyl adjacent to an activating group) is 1. The van der Waals surface area contributed by atoms with Crippen molar-refractivity contribution in [3.63, 3.8) is 0 Å². The van der Waals surface area contributed by atoms with Gasteiger partial charge in [0, 0.05) is 41.5 Å². The Hall–Kier alpha value is -3.72. The normalized spacial score (nSPS) is 37.1. The number of benzene rings is 2. The van der Waals surface area contributed by atoms with E-state index in [4.69, 9.17) is 54.8 Å². The number of carbonyl (C=O) groups excluding carboxylic acids is 2. The Balaban J connectivity index is 1.63. The number of esters is 1. The first-order chi connectivity index (χ1) is 28.9. The highest BCUT2D eigenvalue weighted by molar-refractivity contribution is 6.31. The Morgan fingerprint density at radius 3 is 2.33 bits per heavy atom. The summed E-state index contributed by atoms with van der Waals surface area (Å²) >= 11 is 6.49. The molecule has 3 fully saturated rings. The van der Waals surface area contributed by atoms with Crippen LogP contribution in [0.2, 0.25) is 5.02 Å². The Bertz CT molecular complexity index is 1810. The number of hydrogen-bond donors (Lipinski definition) is 1. The molecule has 3 aliphatic rings. The highest BCUT2D eigenvalue weighted by Crippen LogP contribution is 2.43. The van der Waals surface area contributed by atoms with E-state index in [0.29, 0.717) is 36.4 Å². The Morgan fingerprint density at radius 2 is 1.67 bits per heavy atom. The molecule has 2 aromatic rings. The van der Waals surface area contributed by atoms with Crippen molar-refractivity contribution < 1.29 is 52.7 Å². The maximum absolute atomic E-state index is 14.5. The van der Waals surface area contributed by atoms with E-state index >= 15 is 0 Å². The molecule has 3 saturated heterocycles. The standard InChI is InChI=1S/C47H67ClN2O11/c1-12-37-47(8)42(60-45(53)61-47)30(4)38(49-56-27-34-22-16-17-23-35(34)48)28(2)26-46(7,54-11)41(59-44-39(51)36(50(9)10)25-29(3)57-44)31(5)40(32(6)43(52)58-37)55-24-18-21-33-19-14-13-15-20-33/h13-20,22-24,28-32,36-37,39-42,44,51H,12,21,25-27H2,1-11H3/b24-18-,49-38+/t28-,29-,30+,31+,32-,36+,37-,39-,40+,41-,42-,44+,46-,47-/m1/s1. The number of methoxy groups -OCH3 is 1. The lowest BCUT2D eigenvalue weighted by Crippen LogP contribution is -2.60. The molecule has 0 unspecified atom stereocenters. The monoisotopic (exact) mass is 870 g/mol. The van der Waals surface area contributed by atoms with Crippen molar-refractivity contribution in [1.82, 2.24) is 4.90 Å². The van der Waals surface area contributed by atoms with Gasteiger partial charge in [0.25, 0.3) is 0 Å². The van der Waals surface area contributed by atoms with Crippen LogP contribution in [-0.2, 0) is 55.8 Å². The van der Waals surface area contributed by atoms with Gasteiger partial charge in [-0.05, 0) is 85.2 Å². The van der Waals surface area contributed by atoms with E-state index < -0.39 is 83.8 Å². The van der Waals surface area contributed by atoms with Gasteiger partial charge in [-0.2, -0.15) is 0 Å². The Morgan fingerprint density at radius 1 is 0.984 bits per heavy atom. The van der Waals surface area contributed by atoms with Crippen LogP contribution in [0, 0.1) is 23.7 Å². The van der Waals surface area contributed by atoms with E-state index in [2.05, 4.69) is 0 Å². The van der Waals surface area contributed by atoms with Crippen LogP contribution in [0.15, 0.2) is 72.1 Å². The number of oxime groups is 1.